The lowest BCUT2D eigenvalue weighted by atomic mass is 10.1. The van der Waals surface area contributed by atoms with E-state index >= 15 is 0 Å². The summed E-state index contributed by atoms with van der Waals surface area (Å²) in [5.74, 6) is 1.76. The van der Waals surface area contributed by atoms with E-state index in [9.17, 15) is 0 Å². The van der Waals surface area contributed by atoms with E-state index in [1.807, 2.05) is 36.4 Å². The number of benzene rings is 1. The maximum atomic E-state index is 8.33. The van der Waals surface area contributed by atoms with Gasteiger partial charge in [0.15, 0.2) is 0 Å². The zero-order valence-corrected chi connectivity index (χ0v) is 10.8. The summed E-state index contributed by atoms with van der Waals surface area (Å²) in [6.07, 6.45) is 1.76. The predicted molar refractivity (Wildman–Crippen MR) is 76.1 cm³/mol. The van der Waals surface area contributed by atoms with Crippen LogP contribution in [0.25, 0.3) is 10.4 Å². The molecular formula is C14H13N5O. The number of aromatic nitrogens is 1. The summed E-state index contributed by atoms with van der Waals surface area (Å²) < 4.78 is 5.83. The molecule has 0 N–H and O–H groups in total. The molecule has 0 spiro atoms. The first-order valence-corrected chi connectivity index (χ1v) is 6.33. The molecular weight excluding hydrogens is 254 g/mol. The topological polar surface area (TPSA) is 74.1 Å². The quantitative estimate of drug-likeness (QED) is 0.484. The average Bonchev–Trinajstić information content (AvgIpc) is 2.45. The fourth-order valence-corrected chi connectivity index (χ4v) is 2.07. The fraction of sp³-hybridized carbons (Fsp3) is 0.214. The fourth-order valence-electron chi connectivity index (χ4n) is 2.07. The lowest BCUT2D eigenvalue weighted by Crippen LogP contribution is -2.54. The number of para-hydroxylation sites is 1. The van der Waals surface area contributed by atoms with E-state index in [1.165, 1.54) is 0 Å². The largest absolute Gasteiger partial charge is 0.487 e. The van der Waals surface area contributed by atoms with Crippen molar-refractivity contribution in [1.29, 1.82) is 0 Å². The number of azide groups is 1. The Morgan fingerprint density at radius 3 is 2.65 bits per heavy atom. The molecule has 20 heavy (non-hydrogen) atoms. The molecule has 0 unspecified atom stereocenters. The SMILES string of the molecule is [N-]=[N+]=Nc1ccc(N2CC(Oc3ccccc3)C2)nc1. The molecule has 0 aliphatic carbocycles. The Morgan fingerprint density at radius 2 is 2.00 bits per heavy atom. The van der Waals surface area contributed by atoms with Crippen LogP contribution in [0.5, 0.6) is 5.75 Å². The van der Waals surface area contributed by atoms with E-state index in [0.717, 1.165) is 24.7 Å². The van der Waals surface area contributed by atoms with Gasteiger partial charge in [-0.2, -0.15) is 0 Å². The standard InChI is InChI=1S/C14H13N5O/c15-18-17-11-6-7-14(16-8-11)19-9-13(10-19)20-12-4-2-1-3-5-12/h1-8,13H,9-10H2. The number of hydrogen-bond acceptors (Lipinski definition) is 4. The van der Waals surface area contributed by atoms with Crippen LogP contribution in [0.3, 0.4) is 0 Å². The van der Waals surface area contributed by atoms with Crippen molar-refractivity contribution in [1.82, 2.24) is 4.98 Å². The van der Waals surface area contributed by atoms with Gasteiger partial charge in [-0.15, -0.1) is 0 Å². The van der Waals surface area contributed by atoms with E-state index in [-0.39, 0.29) is 6.10 Å². The zero-order valence-electron chi connectivity index (χ0n) is 10.8. The molecule has 6 nitrogen and oxygen atoms in total. The number of pyridine rings is 1. The van der Waals surface area contributed by atoms with E-state index in [2.05, 4.69) is 19.9 Å². The second-order valence-corrected chi connectivity index (χ2v) is 4.52. The zero-order chi connectivity index (χ0) is 13.8. The van der Waals surface area contributed by atoms with Gasteiger partial charge in [-0.25, -0.2) is 4.98 Å². The molecule has 0 radical (unpaired) electrons. The highest BCUT2D eigenvalue weighted by atomic mass is 16.5. The van der Waals surface area contributed by atoms with Gasteiger partial charge in [-0.1, -0.05) is 23.3 Å². The van der Waals surface area contributed by atoms with Crippen LogP contribution in [0.1, 0.15) is 0 Å². The molecule has 3 rings (SSSR count). The average molecular weight is 267 g/mol. The summed E-state index contributed by atoms with van der Waals surface area (Å²) in [6.45, 7) is 1.62. The molecule has 100 valence electrons. The third-order valence-corrected chi connectivity index (χ3v) is 3.11. The van der Waals surface area contributed by atoms with E-state index in [0.29, 0.717) is 5.69 Å². The highest BCUT2D eigenvalue weighted by molar-refractivity contribution is 5.47. The van der Waals surface area contributed by atoms with Crippen LogP contribution in [-0.4, -0.2) is 24.2 Å². The van der Waals surface area contributed by atoms with E-state index in [4.69, 9.17) is 10.3 Å². The molecule has 1 aliphatic rings. The first kappa shape index (κ1) is 12.3. The van der Waals surface area contributed by atoms with Gasteiger partial charge in [-0.05, 0) is 29.8 Å². The molecule has 2 aromatic rings. The van der Waals surface area contributed by atoms with Crippen molar-refractivity contribution >= 4 is 11.5 Å². The Labute approximate surface area is 116 Å². The monoisotopic (exact) mass is 267 g/mol. The third-order valence-electron chi connectivity index (χ3n) is 3.11. The van der Waals surface area contributed by atoms with Gasteiger partial charge >= 0.3 is 0 Å². The number of anilines is 1. The summed E-state index contributed by atoms with van der Waals surface area (Å²) >= 11 is 0. The minimum Gasteiger partial charge on any atom is -0.487 e. The molecule has 0 atom stereocenters. The Hall–Kier alpha value is -2.72. The second kappa shape index (κ2) is 5.50. The second-order valence-electron chi connectivity index (χ2n) is 4.52. The highest BCUT2D eigenvalue weighted by Gasteiger charge is 2.29. The number of hydrogen-bond donors (Lipinski definition) is 0. The molecule has 1 aromatic heterocycles. The molecule has 1 aromatic carbocycles. The maximum Gasteiger partial charge on any atom is 0.134 e. The minimum atomic E-state index is 0.191. The Kier molecular flexibility index (Phi) is 3.39. The van der Waals surface area contributed by atoms with E-state index < -0.39 is 0 Å². The van der Waals surface area contributed by atoms with Gasteiger partial charge in [0, 0.05) is 11.1 Å². The van der Waals surface area contributed by atoms with Crippen molar-refractivity contribution in [3.63, 3.8) is 0 Å². The molecule has 1 fully saturated rings. The van der Waals surface area contributed by atoms with Crippen molar-refractivity contribution in [3.05, 3.63) is 59.1 Å². The normalized spacial score (nSPS) is 14.3. The molecule has 1 saturated heterocycles. The van der Waals surface area contributed by atoms with Gasteiger partial charge < -0.3 is 9.64 Å². The first-order chi connectivity index (χ1) is 9.85. The van der Waals surface area contributed by atoms with E-state index in [1.54, 1.807) is 12.3 Å². The third kappa shape index (κ3) is 2.65. The summed E-state index contributed by atoms with van der Waals surface area (Å²) in [4.78, 5) is 9.11. The van der Waals surface area contributed by atoms with Crippen molar-refractivity contribution in [2.24, 2.45) is 5.11 Å². The van der Waals surface area contributed by atoms with Crippen LogP contribution < -0.4 is 9.64 Å². The summed E-state index contributed by atoms with van der Waals surface area (Å²) in [5.41, 5.74) is 8.86. The van der Waals surface area contributed by atoms with Crippen molar-refractivity contribution in [2.75, 3.05) is 18.0 Å². The van der Waals surface area contributed by atoms with Crippen LogP contribution in [0.2, 0.25) is 0 Å². The Balaban J connectivity index is 1.56. The highest BCUT2D eigenvalue weighted by Crippen LogP contribution is 2.23. The number of ether oxygens (including phenoxy) is 1. The molecule has 0 saturated carbocycles. The number of rotatable bonds is 4. The Bertz CT molecular complexity index is 616. The van der Waals surface area contributed by atoms with Crippen LogP contribution >= 0.6 is 0 Å². The maximum absolute atomic E-state index is 8.33. The minimum absolute atomic E-state index is 0.191. The van der Waals surface area contributed by atoms with Crippen LogP contribution in [0, 0.1) is 0 Å². The van der Waals surface area contributed by atoms with Crippen LogP contribution in [0.15, 0.2) is 53.8 Å². The lowest BCUT2D eigenvalue weighted by Gasteiger charge is -2.39. The molecule has 1 aliphatic heterocycles. The molecule has 0 bridgehead atoms. The lowest BCUT2D eigenvalue weighted by molar-refractivity contribution is 0.167. The first-order valence-electron chi connectivity index (χ1n) is 6.33. The summed E-state index contributed by atoms with van der Waals surface area (Å²) in [5, 5.41) is 3.50. The summed E-state index contributed by atoms with van der Waals surface area (Å²) in [6, 6.07) is 13.4. The van der Waals surface area contributed by atoms with Crippen molar-refractivity contribution in [2.45, 2.75) is 6.10 Å². The van der Waals surface area contributed by atoms with Crippen LogP contribution in [-0.2, 0) is 0 Å². The van der Waals surface area contributed by atoms with Gasteiger partial charge in [0.2, 0.25) is 0 Å². The predicted octanol–water partition coefficient (Wildman–Crippen LogP) is 3.29. The van der Waals surface area contributed by atoms with Crippen LogP contribution in [0.4, 0.5) is 11.5 Å². The van der Waals surface area contributed by atoms with Gasteiger partial charge in [-0.3, -0.25) is 0 Å². The van der Waals surface area contributed by atoms with Crippen molar-refractivity contribution in [3.8, 4) is 5.75 Å². The number of nitrogens with zero attached hydrogens (tertiary/aromatic N) is 5. The molecule has 6 heteroatoms. The van der Waals surface area contributed by atoms with Crippen molar-refractivity contribution < 1.29 is 4.74 Å². The van der Waals surface area contributed by atoms with Gasteiger partial charge in [0.05, 0.1) is 18.8 Å². The molecule has 0 amide bonds. The smallest absolute Gasteiger partial charge is 0.134 e. The molecule has 2 heterocycles. The van der Waals surface area contributed by atoms with Gasteiger partial charge in [0.25, 0.3) is 0 Å². The summed E-state index contributed by atoms with van der Waals surface area (Å²) in [7, 11) is 0. The Morgan fingerprint density at radius 1 is 1.20 bits per heavy atom. The van der Waals surface area contributed by atoms with Gasteiger partial charge in [0.1, 0.15) is 17.7 Å².